The molecule has 0 aliphatic carbocycles. The minimum atomic E-state index is 0.0624. The van der Waals surface area contributed by atoms with Gasteiger partial charge >= 0.3 is 0 Å². The summed E-state index contributed by atoms with van der Waals surface area (Å²) in [5, 5.41) is 6.40. The number of hydrogen-bond acceptors (Lipinski definition) is 2. The molecule has 2 atom stereocenters. The normalized spacial score (nSPS) is 22.1. The molecule has 17 heavy (non-hydrogen) atoms. The van der Waals surface area contributed by atoms with Gasteiger partial charge in [-0.05, 0) is 31.7 Å². The fourth-order valence-corrected chi connectivity index (χ4v) is 2.39. The Labute approximate surface area is 106 Å². The Morgan fingerprint density at radius 2 is 2.24 bits per heavy atom. The highest BCUT2D eigenvalue weighted by Gasteiger charge is 2.20. The van der Waals surface area contributed by atoms with Crippen LogP contribution in [0.5, 0.6) is 0 Å². The number of unbranched alkanes of at least 4 members (excludes halogenated alkanes) is 1. The molecule has 1 saturated heterocycles. The molecule has 0 spiro atoms. The van der Waals surface area contributed by atoms with Gasteiger partial charge in [-0.2, -0.15) is 0 Å². The van der Waals surface area contributed by atoms with Gasteiger partial charge in [-0.1, -0.05) is 39.5 Å². The van der Waals surface area contributed by atoms with Crippen LogP contribution in [0.1, 0.15) is 58.8 Å². The summed E-state index contributed by atoms with van der Waals surface area (Å²) in [5.74, 6) is 0.863. The number of nitrogens with one attached hydrogen (secondary N) is 2. The van der Waals surface area contributed by atoms with Crippen LogP contribution in [0.15, 0.2) is 0 Å². The highest BCUT2D eigenvalue weighted by atomic mass is 16.2. The first-order valence-electron chi connectivity index (χ1n) is 7.29. The summed E-state index contributed by atoms with van der Waals surface area (Å²) in [6.07, 6.45) is 8.31. The highest BCUT2D eigenvalue weighted by molar-refractivity contribution is 5.81. The van der Waals surface area contributed by atoms with Crippen molar-refractivity contribution in [3.63, 3.8) is 0 Å². The van der Waals surface area contributed by atoms with Crippen molar-refractivity contribution in [1.29, 1.82) is 0 Å². The minimum absolute atomic E-state index is 0.0624. The van der Waals surface area contributed by atoms with E-state index in [4.69, 9.17) is 0 Å². The van der Waals surface area contributed by atoms with E-state index in [1.165, 1.54) is 38.5 Å². The average molecular weight is 240 g/mol. The van der Waals surface area contributed by atoms with E-state index in [2.05, 4.69) is 24.5 Å². The van der Waals surface area contributed by atoms with Gasteiger partial charge in [0.15, 0.2) is 0 Å². The van der Waals surface area contributed by atoms with Gasteiger partial charge in [-0.25, -0.2) is 0 Å². The molecule has 1 fully saturated rings. The summed E-state index contributed by atoms with van der Waals surface area (Å²) in [7, 11) is 0. The van der Waals surface area contributed by atoms with Crippen molar-refractivity contribution >= 4 is 5.91 Å². The van der Waals surface area contributed by atoms with Crippen LogP contribution in [0, 0.1) is 5.92 Å². The van der Waals surface area contributed by atoms with Gasteiger partial charge in [-0.3, -0.25) is 4.79 Å². The summed E-state index contributed by atoms with van der Waals surface area (Å²) in [6.45, 7) is 6.28. The van der Waals surface area contributed by atoms with Gasteiger partial charge in [0.05, 0.1) is 6.04 Å². The molecule has 1 aliphatic heterocycles. The molecule has 3 nitrogen and oxygen atoms in total. The van der Waals surface area contributed by atoms with Crippen LogP contribution in [-0.4, -0.2) is 25.0 Å². The molecule has 0 bridgehead atoms. The number of hydrogen-bond donors (Lipinski definition) is 2. The van der Waals surface area contributed by atoms with Crippen LogP contribution in [0.25, 0.3) is 0 Å². The van der Waals surface area contributed by atoms with E-state index in [0.29, 0.717) is 5.92 Å². The fourth-order valence-electron chi connectivity index (χ4n) is 2.39. The van der Waals surface area contributed by atoms with E-state index >= 15 is 0 Å². The van der Waals surface area contributed by atoms with E-state index in [1.807, 2.05) is 0 Å². The quantitative estimate of drug-likeness (QED) is 0.718. The monoisotopic (exact) mass is 240 g/mol. The predicted octanol–water partition coefficient (Wildman–Crippen LogP) is 2.46. The van der Waals surface area contributed by atoms with Gasteiger partial charge in [0.25, 0.3) is 0 Å². The third-order valence-corrected chi connectivity index (χ3v) is 3.74. The van der Waals surface area contributed by atoms with Crippen molar-refractivity contribution in [3.05, 3.63) is 0 Å². The molecule has 1 rings (SSSR count). The van der Waals surface area contributed by atoms with Crippen molar-refractivity contribution in [2.24, 2.45) is 5.92 Å². The number of carbonyl (C=O) groups excluding carboxylic acids is 1. The molecule has 0 radical (unpaired) electrons. The van der Waals surface area contributed by atoms with Crippen LogP contribution < -0.4 is 10.6 Å². The smallest absolute Gasteiger partial charge is 0.237 e. The number of rotatable bonds is 7. The maximum atomic E-state index is 11.9. The lowest BCUT2D eigenvalue weighted by molar-refractivity contribution is -0.123. The Hall–Kier alpha value is -0.570. The van der Waals surface area contributed by atoms with Gasteiger partial charge in [0.2, 0.25) is 5.91 Å². The van der Waals surface area contributed by atoms with Crippen molar-refractivity contribution in [2.75, 3.05) is 13.1 Å². The SMILES string of the molecule is CCCCC(CC)CNC(=O)[C@@H]1CCCCN1. The molecule has 0 aromatic heterocycles. The summed E-state index contributed by atoms with van der Waals surface area (Å²) in [5.41, 5.74) is 0. The second-order valence-electron chi connectivity index (χ2n) is 5.16. The molecule has 100 valence electrons. The summed E-state index contributed by atoms with van der Waals surface area (Å²) in [6, 6.07) is 0.0624. The maximum absolute atomic E-state index is 11.9. The highest BCUT2D eigenvalue weighted by Crippen LogP contribution is 2.12. The Bertz CT molecular complexity index is 212. The number of carbonyl (C=O) groups is 1. The standard InChI is InChI=1S/C14H28N2O/c1-3-5-8-12(4-2)11-16-14(17)13-9-6-7-10-15-13/h12-13,15H,3-11H2,1-2H3,(H,16,17)/t12?,13-/m0/s1. The summed E-state index contributed by atoms with van der Waals surface area (Å²) >= 11 is 0. The van der Waals surface area contributed by atoms with Crippen molar-refractivity contribution in [2.45, 2.75) is 64.8 Å². The van der Waals surface area contributed by atoms with Crippen LogP contribution in [0.2, 0.25) is 0 Å². The fraction of sp³-hybridized carbons (Fsp3) is 0.929. The second-order valence-corrected chi connectivity index (χ2v) is 5.16. The summed E-state index contributed by atoms with van der Waals surface area (Å²) in [4.78, 5) is 11.9. The lowest BCUT2D eigenvalue weighted by Crippen LogP contribution is -2.47. The summed E-state index contributed by atoms with van der Waals surface area (Å²) < 4.78 is 0. The number of piperidine rings is 1. The molecule has 1 amide bonds. The lowest BCUT2D eigenvalue weighted by Gasteiger charge is -2.24. The zero-order valence-electron chi connectivity index (χ0n) is 11.4. The molecule has 1 unspecified atom stereocenters. The van der Waals surface area contributed by atoms with Crippen LogP contribution in [-0.2, 0) is 4.79 Å². The molecule has 3 heteroatoms. The van der Waals surface area contributed by atoms with Gasteiger partial charge in [0, 0.05) is 6.54 Å². The van der Waals surface area contributed by atoms with Crippen LogP contribution in [0.3, 0.4) is 0 Å². The first-order chi connectivity index (χ1) is 8.27. The van der Waals surface area contributed by atoms with Crippen molar-refractivity contribution < 1.29 is 4.79 Å². The van der Waals surface area contributed by atoms with E-state index in [1.54, 1.807) is 0 Å². The third-order valence-electron chi connectivity index (χ3n) is 3.74. The van der Waals surface area contributed by atoms with Gasteiger partial charge in [0.1, 0.15) is 0 Å². The van der Waals surface area contributed by atoms with Crippen molar-refractivity contribution in [1.82, 2.24) is 10.6 Å². The zero-order chi connectivity index (χ0) is 12.5. The predicted molar refractivity (Wildman–Crippen MR) is 72.0 cm³/mol. The van der Waals surface area contributed by atoms with Crippen LogP contribution in [0.4, 0.5) is 0 Å². The Morgan fingerprint density at radius 3 is 2.82 bits per heavy atom. The maximum Gasteiger partial charge on any atom is 0.237 e. The molecule has 1 aliphatic rings. The first-order valence-corrected chi connectivity index (χ1v) is 7.29. The average Bonchev–Trinajstić information content (AvgIpc) is 2.39. The molecule has 0 saturated carbocycles. The third kappa shape index (κ3) is 5.53. The first kappa shape index (κ1) is 14.5. The Morgan fingerprint density at radius 1 is 1.41 bits per heavy atom. The Kier molecular flexibility index (Phi) is 7.25. The molecular weight excluding hydrogens is 212 g/mol. The van der Waals surface area contributed by atoms with E-state index in [-0.39, 0.29) is 11.9 Å². The molecule has 1 heterocycles. The molecular formula is C14H28N2O. The Balaban J connectivity index is 2.20. The van der Waals surface area contributed by atoms with E-state index in [0.717, 1.165) is 19.5 Å². The molecule has 0 aromatic rings. The topological polar surface area (TPSA) is 41.1 Å². The van der Waals surface area contributed by atoms with E-state index in [9.17, 15) is 4.79 Å². The second kappa shape index (κ2) is 8.51. The van der Waals surface area contributed by atoms with E-state index < -0.39 is 0 Å². The van der Waals surface area contributed by atoms with Gasteiger partial charge in [-0.15, -0.1) is 0 Å². The zero-order valence-corrected chi connectivity index (χ0v) is 11.4. The van der Waals surface area contributed by atoms with Crippen LogP contribution >= 0.6 is 0 Å². The molecule has 0 aromatic carbocycles. The van der Waals surface area contributed by atoms with Gasteiger partial charge < -0.3 is 10.6 Å². The lowest BCUT2D eigenvalue weighted by atomic mass is 9.99. The largest absolute Gasteiger partial charge is 0.354 e. The minimum Gasteiger partial charge on any atom is -0.354 e. The molecule has 2 N–H and O–H groups in total. The number of amides is 1. The van der Waals surface area contributed by atoms with Crippen molar-refractivity contribution in [3.8, 4) is 0 Å².